The highest BCUT2D eigenvalue weighted by molar-refractivity contribution is 6.33. The molecule has 2 aromatic heterocycles. The third-order valence-electron chi connectivity index (χ3n) is 5.28. The summed E-state index contributed by atoms with van der Waals surface area (Å²) in [4.78, 5) is 15.0. The van der Waals surface area contributed by atoms with Crippen LogP contribution in [0, 0.1) is 11.7 Å². The van der Waals surface area contributed by atoms with Crippen LogP contribution >= 0.6 is 11.6 Å². The fourth-order valence-corrected chi connectivity index (χ4v) is 3.61. The highest BCUT2D eigenvalue weighted by Gasteiger charge is 2.26. The Labute approximate surface area is 187 Å². The van der Waals surface area contributed by atoms with Crippen LogP contribution in [0.15, 0.2) is 27.9 Å². The summed E-state index contributed by atoms with van der Waals surface area (Å²) < 4.78 is 19.9. The third-order valence-corrected chi connectivity index (χ3v) is 5.61. The van der Waals surface area contributed by atoms with E-state index in [1.54, 1.807) is 0 Å². The monoisotopic (exact) mass is 461 g/mol. The molecule has 0 unspecified atom stereocenters. The summed E-state index contributed by atoms with van der Waals surface area (Å²) in [6.07, 6.45) is 3.22. The topological polar surface area (TPSA) is 140 Å². The zero-order chi connectivity index (χ0) is 22.7. The maximum atomic E-state index is 13.9. The van der Waals surface area contributed by atoms with Gasteiger partial charge >= 0.3 is 0 Å². The van der Waals surface area contributed by atoms with E-state index >= 15 is 0 Å². The number of halogens is 2. The number of aromatic nitrogens is 5. The Morgan fingerprint density at radius 3 is 2.88 bits per heavy atom. The number of nitrogens with two attached hydrogens (primary N) is 1. The highest BCUT2D eigenvalue weighted by Crippen LogP contribution is 2.22. The van der Waals surface area contributed by atoms with Gasteiger partial charge in [0.15, 0.2) is 5.69 Å². The summed E-state index contributed by atoms with van der Waals surface area (Å²) in [5, 5.41) is 19.3. The standard InChI is InChI=1S/C19H21ClFN9O2/c1-11-5-7-29(8-6-11)10-15-16(24-28-30(15)18-17(22)26-32-27-18)19(31)25-23-9-12-13(20)3-2-4-14(12)21/h2-4,9,11H,5-8,10H2,1H3,(H2,22,26)(H,25,31)/b23-9-. The summed E-state index contributed by atoms with van der Waals surface area (Å²) in [5.74, 6) is -0.390. The first-order chi connectivity index (χ1) is 15.4. The molecule has 1 aliphatic rings. The van der Waals surface area contributed by atoms with E-state index in [1.807, 2.05) is 0 Å². The number of hydrogen-bond donors (Lipinski definition) is 2. The second-order valence-corrected chi connectivity index (χ2v) is 7.97. The van der Waals surface area contributed by atoms with Gasteiger partial charge in [0.2, 0.25) is 11.6 Å². The lowest BCUT2D eigenvalue weighted by Gasteiger charge is -2.30. The Balaban J connectivity index is 1.58. The molecule has 11 nitrogen and oxygen atoms in total. The van der Waals surface area contributed by atoms with Crippen molar-refractivity contribution in [1.29, 1.82) is 0 Å². The molecule has 1 aromatic carbocycles. The van der Waals surface area contributed by atoms with E-state index in [9.17, 15) is 9.18 Å². The molecule has 0 atom stereocenters. The first kappa shape index (κ1) is 21.8. The minimum Gasteiger partial charge on any atom is -0.378 e. The van der Waals surface area contributed by atoms with E-state index in [0.29, 0.717) is 18.2 Å². The number of hydrogen-bond acceptors (Lipinski definition) is 9. The van der Waals surface area contributed by atoms with Crippen LogP contribution < -0.4 is 11.2 Å². The normalized spacial score (nSPS) is 15.5. The summed E-state index contributed by atoms with van der Waals surface area (Å²) in [6, 6.07) is 4.24. The van der Waals surface area contributed by atoms with Gasteiger partial charge in [0.25, 0.3) is 5.91 Å². The quantitative estimate of drug-likeness (QED) is 0.419. The zero-order valence-corrected chi connectivity index (χ0v) is 18.0. The van der Waals surface area contributed by atoms with Crippen molar-refractivity contribution in [2.45, 2.75) is 26.3 Å². The molecular weight excluding hydrogens is 441 g/mol. The molecule has 1 saturated heterocycles. The Kier molecular flexibility index (Phi) is 6.42. The first-order valence-electron chi connectivity index (χ1n) is 9.96. The minimum absolute atomic E-state index is 0.0163. The number of anilines is 1. The van der Waals surface area contributed by atoms with Crippen molar-refractivity contribution >= 4 is 29.5 Å². The summed E-state index contributed by atoms with van der Waals surface area (Å²) in [5.41, 5.74) is 8.69. The summed E-state index contributed by atoms with van der Waals surface area (Å²) >= 11 is 5.97. The molecule has 1 fully saturated rings. The molecule has 4 rings (SSSR count). The SMILES string of the molecule is CC1CCN(Cc2c(C(=O)N/N=C\c3c(F)cccc3Cl)nnn2-c2nonc2N)CC1. The molecule has 13 heteroatoms. The van der Waals surface area contributed by atoms with Gasteiger partial charge in [-0.3, -0.25) is 9.69 Å². The van der Waals surface area contributed by atoms with Crippen LogP contribution in [0.1, 0.15) is 41.5 Å². The van der Waals surface area contributed by atoms with Gasteiger partial charge in [-0.2, -0.15) is 9.78 Å². The highest BCUT2D eigenvalue weighted by atomic mass is 35.5. The minimum atomic E-state index is -0.629. The van der Waals surface area contributed by atoms with E-state index in [-0.39, 0.29) is 27.9 Å². The third kappa shape index (κ3) is 4.60. The molecule has 0 bridgehead atoms. The maximum Gasteiger partial charge on any atom is 0.293 e. The Morgan fingerprint density at radius 2 is 2.19 bits per heavy atom. The van der Waals surface area contributed by atoms with Gasteiger partial charge in [0.05, 0.1) is 16.9 Å². The number of nitrogens with one attached hydrogen (secondary N) is 1. The lowest BCUT2D eigenvalue weighted by atomic mass is 9.99. The predicted molar refractivity (Wildman–Crippen MR) is 114 cm³/mol. The molecular formula is C19H21ClFN9O2. The van der Waals surface area contributed by atoms with Crippen LogP contribution in [0.25, 0.3) is 5.82 Å². The second-order valence-electron chi connectivity index (χ2n) is 7.56. The molecule has 0 spiro atoms. The van der Waals surface area contributed by atoms with Gasteiger partial charge in [-0.1, -0.05) is 29.8 Å². The molecule has 0 aliphatic carbocycles. The van der Waals surface area contributed by atoms with Gasteiger partial charge in [-0.05, 0) is 54.3 Å². The van der Waals surface area contributed by atoms with E-state index < -0.39 is 11.7 Å². The fraction of sp³-hybridized carbons (Fsp3) is 0.368. The molecule has 3 heterocycles. The number of carbonyl (C=O) groups is 1. The van der Waals surface area contributed by atoms with Crippen LogP contribution in [0.4, 0.5) is 10.2 Å². The number of carbonyl (C=O) groups excluding carboxylic acids is 1. The molecule has 0 radical (unpaired) electrons. The van der Waals surface area contributed by atoms with Crippen molar-refractivity contribution in [2.75, 3.05) is 18.8 Å². The Bertz CT molecular complexity index is 1120. The molecule has 1 aliphatic heterocycles. The molecule has 32 heavy (non-hydrogen) atoms. The predicted octanol–water partition coefficient (Wildman–Crippen LogP) is 2.02. The number of benzene rings is 1. The Hall–Kier alpha value is -3.38. The number of likely N-dealkylation sites (tertiary alicyclic amines) is 1. The summed E-state index contributed by atoms with van der Waals surface area (Å²) in [7, 11) is 0. The van der Waals surface area contributed by atoms with Crippen molar-refractivity contribution in [2.24, 2.45) is 11.0 Å². The van der Waals surface area contributed by atoms with Crippen LogP contribution in [0.5, 0.6) is 0 Å². The fourth-order valence-electron chi connectivity index (χ4n) is 3.40. The molecule has 168 valence electrons. The van der Waals surface area contributed by atoms with Crippen molar-refractivity contribution < 1.29 is 13.8 Å². The average molecular weight is 462 g/mol. The number of nitrogen functional groups attached to an aromatic ring is 1. The number of amides is 1. The van der Waals surface area contributed by atoms with E-state index in [1.165, 1.54) is 22.9 Å². The van der Waals surface area contributed by atoms with Crippen LogP contribution in [0.3, 0.4) is 0 Å². The average Bonchev–Trinajstić information content (AvgIpc) is 3.37. The second kappa shape index (κ2) is 9.40. The van der Waals surface area contributed by atoms with Crippen LogP contribution in [-0.2, 0) is 6.54 Å². The lowest BCUT2D eigenvalue weighted by molar-refractivity contribution is 0.0946. The van der Waals surface area contributed by atoms with Gasteiger partial charge in [-0.15, -0.1) is 5.10 Å². The first-order valence-corrected chi connectivity index (χ1v) is 10.3. The van der Waals surface area contributed by atoms with Gasteiger partial charge in [-0.25, -0.2) is 14.4 Å². The smallest absolute Gasteiger partial charge is 0.293 e. The number of hydrazone groups is 1. The van der Waals surface area contributed by atoms with E-state index in [0.717, 1.165) is 32.1 Å². The number of piperidine rings is 1. The summed E-state index contributed by atoms with van der Waals surface area (Å²) in [6.45, 7) is 4.33. The molecule has 1 amide bonds. The van der Waals surface area contributed by atoms with E-state index in [4.69, 9.17) is 17.3 Å². The zero-order valence-electron chi connectivity index (χ0n) is 17.2. The van der Waals surface area contributed by atoms with Crippen molar-refractivity contribution in [3.05, 3.63) is 46.0 Å². The number of rotatable bonds is 6. The maximum absolute atomic E-state index is 13.9. The van der Waals surface area contributed by atoms with Gasteiger partial charge in [0.1, 0.15) is 5.82 Å². The van der Waals surface area contributed by atoms with Crippen molar-refractivity contribution in [3.8, 4) is 5.82 Å². The number of nitrogens with zero attached hydrogens (tertiary/aromatic N) is 7. The van der Waals surface area contributed by atoms with Crippen molar-refractivity contribution in [1.82, 2.24) is 35.6 Å². The molecule has 3 aromatic rings. The van der Waals surface area contributed by atoms with Gasteiger partial charge in [0, 0.05) is 12.1 Å². The van der Waals surface area contributed by atoms with Crippen LogP contribution in [0.2, 0.25) is 5.02 Å². The van der Waals surface area contributed by atoms with E-state index in [2.05, 4.69) is 47.6 Å². The Morgan fingerprint density at radius 1 is 1.41 bits per heavy atom. The van der Waals surface area contributed by atoms with Crippen molar-refractivity contribution in [3.63, 3.8) is 0 Å². The lowest BCUT2D eigenvalue weighted by Crippen LogP contribution is -2.34. The van der Waals surface area contributed by atoms with Crippen LogP contribution in [-0.4, -0.2) is 55.4 Å². The largest absolute Gasteiger partial charge is 0.378 e. The van der Waals surface area contributed by atoms with Gasteiger partial charge < -0.3 is 5.73 Å². The molecule has 3 N–H and O–H groups in total. The molecule has 0 saturated carbocycles.